The van der Waals surface area contributed by atoms with Gasteiger partial charge in [-0.1, -0.05) is 44.2 Å². The monoisotopic (exact) mass is 422 g/mol. The predicted molar refractivity (Wildman–Crippen MR) is 121 cm³/mol. The van der Waals surface area contributed by atoms with Crippen molar-refractivity contribution in [3.05, 3.63) is 71.3 Å². The van der Waals surface area contributed by atoms with Gasteiger partial charge in [-0.2, -0.15) is 0 Å². The standard InChI is InChI=1S/C25H30N2O4/c1-4-26(5-2)16-17-27-22(18-10-8-7-9-11-18)21(24(29)25(27)30)23(28)19-12-14-20(15-13-19)31-6-3/h7-15,22,28H,4-6,16-17H2,1-3H3/b23-21+/t22-/m1/s1. The maximum Gasteiger partial charge on any atom is 0.295 e. The first-order valence-electron chi connectivity index (χ1n) is 10.8. The number of likely N-dealkylation sites (N-methyl/N-ethyl adjacent to an activating group) is 1. The van der Waals surface area contributed by atoms with Crippen LogP contribution in [0.4, 0.5) is 0 Å². The number of amides is 1. The highest BCUT2D eigenvalue weighted by molar-refractivity contribution is 6.46. The van der Waals surface area contributed by atoms with E-state index in [2.05, 4.69) is 18.7 Å². The Labute approximate surface area is 183 Å². The number of hydrogen-bond acceptors (Lipinski definition) is 5. The van der Waals surface area contributed by atoms with Gasteiger partial charge in [0.05, 0.1) is 18.2 Å². The van der Waals surface area contributed by atoms with E-state index >= 15 is 0 Å². The predicted octanol–water partition coefficient (Wildman–Crippen LogP) is 3.85. The summed E-state index contributed by atoms with van der Waals surface area (Å²) in [5, 5.41) is 11.1. The van der Waals surface area contributed by atoms with Gasteiger partial charge in [0, 0.05) is 18.7 Å². The molecule has 1 atom stereocenters. The number of carbonyl (C=O) groups is 2. The zero-order chi connectivity index (χ0) is 22.4. The molecule has 164 valence electrons. The summed E-state index contributed by atoms with van der Waals surface area (Å²) in [6, 6.07) is 15.7. The van der Waals surface area contributed by atoms with Crippen LogP contribution in [0.5, 0.6) is 5.75 Å². The Hall–Kier alpha value is -3.12. The van der Waals surface area contributed by atoms with Gasteiger partial charge in [-0.15, -0.1) is 0 Å². The molecule has 1 fully saturated rings. The van der Waals surface area contributed by atoms with Gasteiger partial charge in [0.15, 0.2) is 0 Å². The normalized spacial score (nSPS) is 18.1. The van der Waals surface area contributed by atoms with E-state index in [0.717, 1.165) is 18.7 Å². The molecule has 1 saturated heterocycles. The molecule has 1 aliphatic rings. The van der Waals surface area contributed by atoms with Crippen LogP contribution in [-0.4, -0.2) is 59.4 Å². The van der Waals surface area contributed by atoms with Crippen LogP contribution in [0.25, 0.3) is 5.76 Å². The second kappa shape index (κ2) is 10.3. The Morgan fingerprint density at radius 1 is 1.00 bits per heavy atom. The van der Waals surface area contributed by atoms with Gasteiger partial charge in [-0.25, -0.2) is 0 Å². The molecule has 0 saturated carbocycles. The molecule has 0 unspecified atom stereocenters. The molecule has 3 rings (SSSR count). The molecule has 31 heavy (non-hydrogen) atoms. The SMILES string of the molecule is CCOc1ccc(/C(O)=C2\C(=O)C(=O)N(CCN(CC)CC)[C@@H]2c2ccccc2)cc1. The van der Waals surface area contributed by atoms with E-state index in [0.29, 0.717) is 31.0 Å². The minimum atomic E-state index is -0.653. The van der Waals surface area contributed by atoms with Crippen molar-refractivity contribution in [3.63, 3.8) is 0 Å². The van der Waals surface area contributed by atoms with Crippen LogP contribution in [-0.2, 0) is 9.59 Å². The number of likely N-dealkylation sites (tertiary alicyclic amines) is 1. The number of ether oxygens (including phenoxy) is 1. The third-order valence-corrected chi connectivity index (χ3v) is 5.65. The van der Waals surface area contributed by atoms with E-state index in [1.807, 2.05) is 37.3 Å². The molecule has 0 spiro atoms. The number of aliphatic hydroxyl groups is 1. The van der Waals surface area contributed by atoms with Crippen LogP contribution in [0.3, 0.4) is 0 Å². The minimum Gasteiger partial charge on any atom is -0.507 e. The Balaban J connectivity index is 2.03. The molecule has 6 nitrogen and oxygen atoms in total. The van der Waals surface area contributed by atoms with Gasteiger partial charge in [-0.3, -0.25) is 9.59 Å². The number of benzene rings is 2. The van der Waals surface area contributed by atoms with Crippen molar-refractivity contribution in [1.82, 2.24) is 9.80 Å². The van der Waals surface area contributed by atoms with Crippen LogP contribution in [0, 0.1) is 0 Å². The van der Waals surface area contributed by atoms with Crippen LogP contribution < -0.4 is 4.74 Å². The zero-order valence-electron chi connectivity index (χ0n) is 18.4. The second-order valence-corrected chi connectivity index (χ2v) is 7.39. The average Bonchev–Trinajstić information content (AvgIpc) is 3.05. The molecule has 1 aliphatic heterocycles. The van der Waals surface area contributed by atoms with E-state index in [4.69, 9.17) is 4.74 Å². The third kappa shape index (κ3) is 4.80. The number of Topliss-reactive ketones (excluding diaryl/α,β-unsaturated/α-hetero) is 1. The van der Waals surface area contributed by atoms with Crippen molar-refractivity contribution >= 4 is 17.4 Å². The van der Waals surface area contributed by atoms with E-state index < -0.39 is 17.7 Å². The van der Waals surface area contributed by atoms with Gasteiger partial charge < -0.3 is 19.6 Å². The van der Waals surface area contributed by atoms with Gasteiger partial charge in [0.1, 0.15) is 11.5 Å². The molecule has 0 aromatic heterocycles. The summed E-state index contributed by atoms with van der Waals surface area (Å²) in [5.74, 6) is -0.716. The minimum absolute atomic E-state index is 0.125. The van der Waals surface area contributed by atoms with Crippen LogP contribution in [0.15, 0.2) is 60.2 Å². The quantitative estimate of drug-likeness (QED) is 0.378. The smallest absolute Gasteiger partial charge is 0.295 e. The fourth-order valence-corrected chi connectivity index (χ4v) is 3.91. The van der Waals surface area contributed by atoms with Gasteiger partial charge >= 0.3 is 0 Å². The lowest BCUT2D eigenvalue weighted by Gasteiger charge is -2.28. The lowest BCUT2D eigenvalue weighted by atomic mass is 9.95. The van der Waals surface area contributed by atoms with Gasteiger partial charge in [-0.05, 0) is 49.8 Å². The van der Waals surface area contributed by atoms with Gasteiger partial charge in [0.2, 0.25) is 0 Å². The average molecular weight is 423 g/mol. The van der Waals surface area contributed by atoms with Crippen molar-refractivity contribution in [2.24, 2.45) is 0 Å². The third-order valence-electron chi connectivity index (χ3n) is 5.65. The number of nitrogens with zero attached hydrogens (tertiary/aromatic N) is 2. The summed E-state index contributed by atoms with van der Waals surface area (Å²) in [6.07, 6.45) is 0. The van der Waals surface area contributed by atoms with Gasteiger partial charge in [0.25, 0.3) is 11.7 Å². The first-order chi connectivity index (χ1) is 15.0. The van der Waals surface area contributed by atoms with E-state index in [1.54, 1.807) is 29.2 Å². The number of rotatable bonds is 9. The molecule has 0 aliphatic carbocycles. The Morgan fingerprint density at radius 3 is 2.23 bits per heavy atom. The van der Waals surface area contributed by atoms with Crippen LogP contribution >= 0.6 is 0 Å². The van der Waals surface area contributed by atoms with Crippen LogP contribution in [0.2, 0.25) is 0 Å². The van der Waals surface area contributed by atoms with E-state index in [1.165, 1.54) is 0 Å². The molecule has 0 bridgehead atoms. The summed E-state index contributed by atoms with van der Waals surface area (Å²) in [6.45, 7) is 9.37. The number of carbonyl (C=O) groups excluding carboxylic acids is 2. The largest absolute Gasteiger partial charge is 0.507 e. The molecule has 2 aromatic rings. The topological polar surface area (TPSA) is 70.1 Å². The fraction of sp³-hybridized carbons (Fsp3) is 0.360. The molecule has 1 heterocycles. The summed E-state index contributed by atoms with van der Waals surface area (Å²) in [4.78, 5) is 29.8. The maximum absolute atomic E-state index is 13.0. The van der Waals surface area contributed by atoms with Crippen LogP contribution in [0.1, 0.15) is 37.9 Å². The molecule has 6 heteroatoms. The lowest BCUT2D eigenvalue weighted by Crippen LogP contribution is -2.38. The van der Waals surface area contributed by atoms with Crippen molar-refractivity contribution in [2.45, 2.75) is 26.8 Å². The Kier molecular flexibility index (Phi) is 7.47. The van der Waals surface area contributed by atoms with Crippen molar-refractivity contribution in [3.8, 4) is 5.75 Å². The van der Waals surface area contributed by atoms with Crippen molar-refractivity contribution in [1.29, 1.82) is 0 Å². The van der Waals surface area contributed by atoms with Crippen molar-refractivity contribution < 1.29 is 19.4 Å². The molecule has 1 amide bonds. The molecule has 0 radical (unpaired) electrons. The first-order valence-corrected chi connectivity index (χ1v) is 10.8. The number of ketones is 1. The summed E-state index contributed by atoms with van der Waals surface area (Å²) in [5.41, 5.74) is 1.40. The fourth-order valence-electron chi connectivity index (χ4n) is 3.91. The number of aliphatic hydroxyl groups excluding tert-OH is 1. The van der Waals surface area contributed by atoms with E-state index in [-0.39, 0.29) is 11.3 Å². The zero-order valence-corrected chi connectivity index (χ0v) is 18.4. The highest BCUT2D eigenvalue weighted by atomic mass is 16.5. The molecule has 1 N–H and O–H groups in total. The Morgan fingerprint density at radius 2 is 1.65 bits per heavy atom. The summed E-state index contributed by atoms with van der Waals surface area (Å²) >= 11 is 0. The molecular weight excluding hydrogens is 392 g/mol. The highest BCUT2D eigenvalue weighted by Gasteiger charge is 2.45. The molecule has 2 aromatic carbocycles. The second-order valence-electron chi connectivity index (χ2n) is 7.39. The highest BCUT2D eigenvalue weighted by Crippen LogP contribution is 2.39. The first kappa shape index (κ1) is 22.6. The lowest BCUT2D eigenvalue weighted by molar-refractivity contribution is -0.140. The van der Waals surface area contributed by atoms with Crippen molar-refractivity contribution in [2.75, 3.05) is 32.8 Å². The van der Waals surface area contributed by atoms with E-state index in [9.17, 15) is 14.7 Å². The summed E-state index contributed by atoms with van der Waals surface area (Å²) in [7, 11) is 0. The molecular formula is C25H30N2O4. The summed E-state index contributed by atoms with van der Waals surface area (Å²) < 4.78 is 5.46. The number of hydrogen-bond donors (Lipinski definition) is 1. The Bertz CT molecular complexity index is 934. The maximum atomic E-state index is 13.0.